The summed E-state index contributed by atoms with van der Waals surface area (Å²) in [5.74, 6) is -2.83. The minimum atomic E-state index is -4.18. The summed E-state index contributed by atoms with van der Waals surface area (Å²) in [7, 11) is -4.18. The summed E-state index contributed by atoms with van der Waals surface area (Å²) >= 11 is 0. The van der Waals surface area contributed by atoms with Crippen LogP contribution in [0.1, 0.15) is 31.3 Å². The summed E-state index contributed by atoms with van der Waals surface area (Å²) in [5.41, 5.74) is 0. The van der Waals surface area contributed by atoms with E-state index >= 15 is 0 Å². The number of furan rings is 1. The second kappa shape index (κ2) is 6.72. The van der Waals surface area contributed by atoms with Crippen molar-refractivity contribution in [3.05, 3.63) is 17.9 Å². The molecule has 1 heterocycles. The van der Waals surface area contributed by atoms with E-state index in [4.69, 9.17) is 9.52 Å². The second-order valence-electron chi connectivity index (χ2n) is 4.52. The van der Waals surface area contributed by atoms with E-state index in [1.807, 2.05) is 4.72 Å². The molecular weight excluding hydrogens is 302 g/mol. The fourth-order valence-electron chi connectivity index (χ4n) is 1.47. The molecule has 0 aliphatic carbocycles. The molecule has 0 aromatic carbocycles. The lowest BCUT2D eigenvalue weighted by Gasteiger charge is -2.16. The van der Waals surface area contributed by atoms with Crippen molar-refractivity contribution in [1.82, 2.24) is 4.72 Å². The zero-order valence-corrected chi connectivity index (χ0v) is 12.6. The van der Waals surface area contributed by atoms with E-state index in [1.165, 1.54) is 0 Å². The van der Waals surface area contributed by atoms with Gasteiger partial charge in [0.1, 0.15) is 6.04 Å². The Hall–Kier alpha value is -1.87. The Morgan fingerprint density at radius 3 is 2.48 bits per heavy atom. The van der Waals surface area contributed by atoms with Crippen LogP contribution in [0.15, 0.2) is 21.6 Å². The molecule has 1 atom stereocenters. The molecular formula is C12H17NO7S. The summed E-state index contributed by atoms with van der Waals surface area (Å²) < 4.78 is 35.6. The molecule has 0 aliphatic heterocycles. The van der Waals surface area contributed by atoms with Gasteiger partial charge in [0.25, 0.3) is 10.0 Å². The smallest absolute Gasteiger partial charge is 0.374 e. The molecule has 21 heavy (non-hydrogen) atoms. The SMILES string of the molecule is CCOC(=O)c1ccc(S(=O)(=O)NC(C(=O)O)C(C)C)o1. The fourth-order valence-corrected chi connectivity index (χ4v) is 2.74. The van der Waals surface area contributed by atoms with Crippen LogP contribution in [0.2, 0.25) is 0 Å². The number of carbonyl (C=O) groups excluding carboxylic acids is 1. The molecule has 1 unspecified atom stereocenters. The van der Waals surface area contributed by atoms with Gasteiger partial charge in [0, 0.05) is 0 Å². The highest BCUT2D eigenvalue weighted by Crippen LogP contribution is 2.16. The molecule has 1 aromatic rings. The van der Waals surface area contributed by atoms with Crippen molar-refractivity contribution in [2.24, 2.45) is 5.92 Å². The van der Waals surface area contributed by atoms with Crippen LogP contribution < -0.4 is 4.72 Å². The Kier molecular flexibility index (Phi) is 5.50. The number of rotatable bonds is 7. The zero-order valence-electron chi connectivity index (χ0n) is 11.8. The second-order valence-corrected chi connectivity index (χ2v) is 6.17. The first kappa shape index (κ1) is 17.2. The third-order valence-electron chi connectivity index (χ3n) is 2.54. The molecule has 0 spiro atoms. The highest BCUT2D eigenvalue weighted by atomic mass is 32.2. The Morgan fingerprint density at radius 2 is 2.00 bits per heavy atom. The molecule has 0 aliphatic rings. The van der Waals surface area contributed by atoms with Crippen LogP contribution in [0.3, 0.4) is 0 Å². The molecule has 0 saturated heterocycles. The van der Waals surface area contributed by atoms with Gasteiger partial charge in [-0.3, -0.25) is 4.79 Å². The van der Waals surface area contributed by atoms with E-state index in [0.717, 1.165) is 12.1 Å². The van der Waals surface area contributed by atoms with E-state index in [2.05, 4.69) is 4.74 Å². The highest BCUT2D eigenvalue weighted by molar-refractivity contribution is 7.89. The van der Waals surface area contributed by atoms with E-state index in [-0.39, 0.29) is 12.4 Å². The maximum absolute atomic E-state index is 12.0. The number of hydrogen-bond donors (Lipinski definition) is 2. The molecule has 0 radical (unpaired) electrons. The molecule has 9 heteroatoms. The van der Waals surface area contributed by atoms with Gasteiger partial charge in [0.2, 0.25) is 10.9 Å². The van der Waals surface area contributed by atoms with Gasteiger partial charge in [-0.25, -0.2) is 13.2 Å². The number of esters is 1. The summed E-state index contributed by atoms with van der Waals surface area (Å²) in [6.07, 6.45) is 0. The van der Waals surface area contributed by atoms with Gasteiger partial charge in [0.15, 0.2) is 0 Å². The molecule has 1 aromatic heterocycles. The molecule has 8 nitrogen and oxygen atoms in total. The van der Waals surface area contributed by atoms with Crippen molar-refractivity contribution >= 4 is 22.0 Å². The molecule has 0 bridgehead atoms. The summed E-state index contributed by atoms with van der Waals surface area (Å²) in [4.78, 5) is 22.4. The predicted molar refractivity (Wildman–Crippen MR) is 71.2 cm³/mol. The number of ether oxygens (including phenoxy) is 1. The average Bonchev–Trinajstić information content (AvgIpc) is 2.86. The van der Waals surface area contributed by atoms with Crippen molar-refractivity contribution in [1.29, 1.82) is 0 Å². The van der Waals surface area contributed by atoms with Crippen LogP contribution in [0.4, 0.5) is 0 Å². The van der Waals surface area contributed by atoms with E-state index < -0.39 is 39.0 Å². The predicted octanol–water partition coefficient (Wildman–Crippen LogP) is 0.844. The van der Waals surface area contributed by atoms with Gasteiger partial charge >= 0.3 is 11.9 Å². The van der Waals surface area contributed by atoms with Crippen molar-refractivity contribution in [3.8, 4) is 0 Å². The molecule has 0 amide bonds. The molecule has 0 saturated carbocycles. The van der Waals surface area contributed by atoms with Crippen LogP contribution >= 0.6 is 0 Å². The lowest BCUT2D eigenvalue weighted by Crippen LogP contribution is -2.44. The number of aliphatic carboxylic acids is 1. The van der Waals surface area contributed by atoms with Gasteiger partial charge in [-0.1, -0.05) is 13.8 Å². The third kappa shape index (κ3) is 4.30. The van der Waals surface area contributed by atoms with Gasteiger partial charge in [-0.05, 0) is 25.0 Å². The van der Waals surface area contributed by atoms with Crippen molar-refractivity contribution in [2.75, 3.05) is 6.61 Å². The maximum Gasteiger partial charge on any atom is 0.374 e. The average molecular weight is 319 g/mol. The Labute approximate surface area is 122 Å². The minimum Gasteiger partial charge on any atom is -0.480 e. The summed E-state index contributed by atoms with van der Waals surface area (Å²) in [5, 5.41) is 8.44. The Bertz CT molecular complexity index is 617. The van der Waals surface area contributed by atoms with Crippen LogP contribution in [0, 0.1) is 5.92 Å². The first-order valence-corrected chi connectivity index (χ1v) is 7.69. The number of carboxylic acids is 1. The zero-order chi connectivity index (χ0) is 16.2. The van der Waals surface area contributed by atoms with Gasteiger partial charge in [-0.15, -0.1) is 0 Å². The third-order valence-corrected chi connectivity index (χ3v) is 3.85. The molecule has 1 rings (SSSR count). The van der Waals surface area contributed by atoms with Crippen LogP contribution in [-0.2, 0) is 19.6 Å². The minimum absolute atomic E-state index is 0.119. The number of carboxylic acid groups (broad SMARTS) is 1. The fraction of sp³-hybridized carbons (Fsp3) is 0.500. The largest absolute Gasteiger partial charge is 0.480 e. The van der Waals surface area contributed by atoms with Crippen molar-refractivity contribution in [2.45, 2.75) is 31.9 Å². The standard InChI is InChI=1S/C12H17NO7S/c1-4-19-12(16)8-5-6-9(20-8)21(17,18)13-10(7(2)3)11(14)15/h5-7,10,13H,4H2,1-3H3,(H,14,15). The van der Waals surface area contributed by atoms with Crippen molar-refractivity contribution in [3.63, 3.8) is 0 Å². The number of nitrogens with one attached hydrogen (secondary N) is 1. The maximum atomic E-state index is 12.0. The van der Waals surface area contributed by atoms with E-state index in [1.54, 1.807) is 20.8 Å². The molecule has 0 fully saturated rings. The Morgan fingerprint density at radius 1 is 1.38 bits per heavy atom. The van der Waals surface area contributed by atoms with Gasteiger partial charge < -0.3 is 14.3 Å². The van der Waals surface area contributed by atoms with Gasteiger partial charge in [-0.2, -0.15) is 4.72 Å². The van der Waals surface area contributed by atoms with Crippen LogP contribution in [-0.4, -0.2) is 38.1 Å². The van der Waals surface area contributed by atoms with E-state index in [9.17, 15) is 18.0 Å². The summed E-state index contributed by atoms with van der Waals surface area (Å²) in [6.45, 7) is 4.84. The van der Waals surface area contributed by atoms with Crippen molar-refractivity contribution < 1.29 is 32.3 Å². The Balaban J connectivity index is 2.98. The normalized spacial score (nSPS) is 13.1. The lowest BCUT2D eigenvalue weighted by molar-refractivity contribution is -0.140. The van der Waals surface area contributed by atoms with Crippen LogP contribution in [0.25, 0.3) is 0 Å². The molecule has 2 N–H and O–H groups in total. The number of hydrogen-bond acceptors (Lipinski definition) is 6. The quantitative estimate of drug-likeness (QED) is 0.714. The summed E-state index contributed by atoms with van der Waals surface area (Å²) in [6, 6.07) is 0.914. The van der Waals surface area contributed by atoms with Crippen LogP contribution in [0.5, 0.6) is 0 Å². The molecule has 118 valence electrons. The number of carbonyl (C=O) groups is 2. The monoisotopic (exact) mass is 319 g/mol. The first-order chi connectivity index (χ1) is 9.69. The van der Waals surface area contributed by atoms with E-state index in [0.29, 0.717) is 0 Å². The highest BCUT2D eigenvalue weighted by Gasteiger charge is 2.30. The first-order valence-electron chi connectivity index (χ1n) is 6.21. The van der Waals surface area contributed by atoms with Gasteiger partial charge in [0.05, 0.1) is 6.61 Å². The number of sulfonamides is 1. The lowest BCUT2D eigenvalue weighted by atomic mass is 10.1. The topological polar surface area (TPSA) is 123 Å².